The van der Waals surface area contributed by atoms with Crippen molar-refractivity contribution in [2.24, 2.45) is 0 Å². The number of thioether (sulfide) groups is 1. The number of rotatable bonds is 7. The number of methoxy groups -OCH3 is 1. The fourth-order valence-corrected chi connectivity index (χ4v) is 4.85. The van der Waals surface area contributed by atoms with Crippen LogP contribution in [0.1, 0.15) is 29.7 Å². The predicted octanol–water partition coefficient (Wildman–Crippen LogP) is 3.96. The molecular weight excluding hydrogens is 448 g/mol. The zero-order chi connectivity index (χ0) is 22.5. The van der Waals surface area contributed by atoms with Gasteiger partial charge in [-0.2, -0.15) is 4.98 Å². The van der Waals surface area contributed by atoms with Crippen LogP contribution in [0.15, 0.2) is 52.5 Å². The number of pyridine rings is 1. The third-order valence-electron chi connectivity index (χ3n) is 5.32. The number of fused-ring (bicyclic) bond motifs is 1. The quantitative estimate of drug-likeness (QED) is 0.415. The van der Waals surface area contributed by atoms with Gasteiger partial charge in [-0.15, -0.1) is 0 Å². The summed E-state index contributed by atoms with van der Waals surface area (Å²) in [4.78, 5) is 33.8. The van der Waals surface area contributed by atoms with Gasteiger partial charge in [0.15, 0.2) is 0 Å². The first-order valence-electron chi connectivity index (χ1n) is 10.3. The van der Waals surface area contributed by atoms with E-state index < -0.39 is 0 Å². The molecule has 2 aromatic heterocycles. The average molecular weight is 471 g/mol. The molecular formula is C23H23ClN4O3S. The molecule has 0 spiro atoms. The van der Waals surface area contributed by atoms with Gasteiger partial charge in [0, 0.05) is 28.7 Å². The standard InChI is InChI=1S/C23H23ClN4O3S/c1-31-20-7-6-16(24)12-18(20)26-21(29)14-32-22-17-4-2-3-5-19(17)28(23(30)27-22)13-15-8-10-25-11-9-15/h6-12H,2-5,13-14H2,1H3,(H,26,29). The normalized spacial score (nSPS) is 12.8. The summed E-state index contributed by atoms with van der Waals surface area (Å²) in [5, 5.41) is 3.97. The number of carbonyl (C=O) groups is 1. The highest BCUT2D eigenvalue weighted by atomic mass is 35.5. The molecule has 1 aliphatic carbocycles. The van der Waals surface area contributed by atoms with Crippen molar-refractivity contribution in [1.29, 1.82) is 0 Å². The summed E-state index contributed by atoms with van der Waals surface area (Å²) in [5.74, 6) is 0.438. The number of hydrogen-bond donors (Lipinski definition) is 1. The van der Waals surface area contributed by atoms with Gasteiger partial charge in [0.25, 0.3) is 0 Å². The van der Waals surface area contributed by atoms with Crippen molar-refractivity contribution in [3.8, 4) is 5.75 Å². The van der Waals surface area contributed by atoms with Gasteiger partial charge in [0.2, 0.25) is 5.91 Å². The van der Waals surface area contributed by atoms with Gasteiger partial charge >= 0.3 is 5.69 Å². The molecule has 2 heterocycles. The largest absolute Gasteiger partial charge is 0.495 e. The lowest BCUT2D eigenvalue weighted by Gasteiger charge is -2.22. The number of carbonyl (C=O) groups excluding carboxylic acids is 1. The Morgan fingerprint density at radius 1 is 1.22 bits per heavy atom. The van der Waals surface area contributed by atoms with Crippen molar-refractivity contribution in [2.45, 2.75) is 37.3 Å². The van der Waals surface area contributed by atoms with E-state index in [-0.39, 0.29) is 17.3 Å². The fraction of sp³-hybridized carbons (Fsp3) is 0.304. The number of hydrogen-bond acceptors (Lipinski definition) is 6. The Morgan fingerprint density at radius 2 is 2.00 bits per heavy atom. The van der Waals surface area contributed by atoms with Crippen molar-refractivity contribution < 1.29 is 9.53 Å². The lowest BCUT2D eigenvalue weighted by Crippen LogP contribution is -2.30. The Bertz CT molecular complexity index is 1180. The van der Waals surface area contributed by atoms with Crippen LogP contribution in [0, 0.1) is 0 Å². The molecule has 0 bridgehead atoms. The lowest BCUT2D eigenvalue weighted by atomic mass is 9.97. The van der Waals surface area contributed by atoms with Gasteiger partial charge < -0.3 is 10.1 Å². The number of ether oxygens (including phenoxy) is 1. The summed E-state index contributed by atoms with van der Waals surface area (Å²) in [6.45, 7) is 0.469. The summed E-state index contributed by atoms with van der Waals surface area (Å²) in [5.41, 5.74) is 3.32. The Kier molecular flexibility index (Phi) is 7.12. The van der Waals surface area contributed by atoms with E-state index in [0.717, 1.165) is 42.5 Å². The maximum Gasteiger partial charge on any atom is 0.349 e. The SMILES string of the molecule is COc1ccc(Cl)cc1NC(=O)CSc1nc(=O)n(Cc2ccncc2)c2c1CCCC2. The van der Waals surface area contributed by atoms with E-state index in [2.05, 4.69) is 15.3 Å². The Morgan fingerprint density at radius 3 is 2.78 bits per heavy atom. The van der Waals surface area contributed by atoms with Gasteiger partial charge in [0.1, 0.15) is 10.8 Å². The number of nitrogens with zero attached hydrogens (tertiary/aromatic N) is 3. The van der Waals surface area contributed by atoms with Gasteiger partial charge in [-0.1, -0.05) is 23.4 Å². The molecule has 166 valence electrons. The number of benzene rings is 1. The van der Waals surface area contributed by atoms with Gasteiger partial charge in [-0.3, -0.25) is 14.3 Å². The Balaban J connectivity index is 1.53. The second-order valence-electron chi connectivity index (χ2n) is 7.45. The monoisotopic (exact) mass is 470 g/mol. The zero-order valence-corrected chi connectivity index (χ0v) is 19.2. The highest BCUT2D eigenvalue weighted by Gasteiger charge is 2.21. The number of aromatic nitrogens is 3. The molecule has 0 unspecified atom stereocenters. The molecule has 1 amide bonds. The maximum atomic E-state index is 12.9. The number of halogens is 1. The molecule has 1 aromatic carbocycles. The number of amides is 1. The van der Waals surface area contributed by atoms with Crippen LogP contribution < -0.4 is 15.7 Å². The average Bonchev–Trinajstić information content (AvgIpc) is 2.80. The first-order valence-corrected chi connectivity index (χ1v) is 11.7. The van der Waals surface area contributed by atoms with Crippen LogP contribution in [0.2, 0.25) is 5.02 Å². The minimum Gasteiger partial charge on any atom is -0.495 e. The smallest absolute Gasteiger partial charge is 0.349 e. The Hall–Kier alpha value is -2.84. The van der Waals surface area contributed by atoms with E-state index in [1.54, 1.807) is 35.2 Å². The molecule has 0 saturated heterocycles. The van der Waals surface area contributed by atoms with Gasteiger partial charge in [-0.25, -0.2) is 4.79 Å². The predicted molar refractivity (Wildman–Crippen MR) is 126 cm³/mol. The van der Waals surface area contributed by atoms with Crippen molar-refractivity contribution in [2.75, 3.05) is 18.2 Å². The Labute approximate surface area is 195 Å². The summed E-state index contributed by atoms with van der Waals surface area (Å²) in [7, 11) is 1.53. The van der Waals surface area contributed by atoms with Crippen LogP contribution in [0.4, 0.5) is 5.69 Å². The van der Waals surface area contributed by atoms with Crippen LogP contribution in [0.25, 0.3) is 0 Å². The lowest BCUT2D eigenvalue weighted by molar-refractivity contribution is -0.113. The van der Waals surface area contributed by atoms with Crippen LogP contribution in [-0.4, -0.2) is 33.3 Å². The summed E-state index contributed by atoms with van der Waals surface area (Å²) < 4.78 is 7.03. The van der Waals surface area contributed by atoms with E-state index in [4.69, 9.17) is 16.3 Å². The minimum atomic E-state index is -0.290. The summed E-state index contributed by atoms with van der Waals surface area (Å²) in [6, 6.07) is 8.84. The van der Waals surface area contributed by atoms with Gasteiger partial charge in [0.05, 0.1) is 25.1 Å². The second-order valence-corrected chi connectivity index (χ2v) is 8.86. The molecule has 9 heteroatoms. The van der Waals surface area contributed by atoms with Gasteiger partial charge in [-0.05, 0) is 61.6 Å². The third-order valence-corrected chi connectivity index (χ3v) is 6.57. The number of nitrogens with one attached hydrogen (secondary N) is 1. The maximum absolute atomic E-state index is 12.9. The van der Waals surface area contributed by atoms with E-state index in [1.165, 1.54) is 18.9 Å². The van der Waals surface area contributed by atoms with E-state index in [9.17, 15) is 9.59 Å². The summed E-state index contributed by atoms with van der Waals surface area (Å²) >= 11 is 7.33. The molecule has 0 saturated carbocycles. The molecule has 32 heavy (non-hydrogen) atoms. The molecule has 1 N–H and O–H groups in total. The number of anilines is 1. The summed E-state index contributed by atoms with van der Waals surface area (Å²) in [6.07, 6.45) is 7.20. The molecule has 0 aliphatic heterocycles. The first-order chi connectivity index (χ1) is 15.5. The van der Waals surface area contributed by atoms with Crippen LogP contribution in [-0.2, 0) is 24.2 Å². The second kappa shape index (κ2) is 10.2. The van der Waals surface area contributed by atoms with Crippen molar-refractivity contribution in [1.82, 2.24) is 14.5 Å². The topological polar surface area (TPSA) is 86.1 Å². The molecule has 1 aliphatic rings. The van der Waals surface area contributed by atoms with E-state index >= 15 is 0 Å². The third kappa shape index (κ3) is 5.14. The molecule has 0 fully saturated rings. The van der Waals surface area contributed by atoms with Crippen molar-refractivity contribution in [3.05, 3.63) is 75.1 Å². The van der Waals surface area contributed by atoms with Crippen LogP contribution in [0.3, 0.4) is 0 Å². The van der Waals surface area contributed by atoms with E-state index in [1.807, 2.05) is 12.1 Å². The first kappa shape index (κ1) is 22.4. The molecule has 7 nitrogen and oxygen atoms in total. The molecule has 4 rings (SSSR count). The molecule has 3 aromatic rings. The minimum absolute atomic E-state index is 0.128. The highest BCUT2D eigenvalue weighted by Crippen LogP contribution is 2.30. The van der Waals surface area contributed by atoms with Crippen molar-refractivity contribution in [3.63, 3.8) is 0 Å². The fourth-order valence-electron chi connectivity index (χ4n) is 3.80. The van der Waals surface area contributed by atoms with E-state index in [0.29, 0.717) is 28.0 Å². The zero-order valence-electron chi connectivity index (χ0n) is 17.6. The highest BCUT2D eigenvalue weighted by molar-refractivity contribution is 8.00. The molecule has 0 atom stereocenters. The van der Waals surface area contributed by atoms with Crippen LogP contribution in [0.5, 0.6) is 5.75 Å². The van der Waals surface area contributed by atoms with Crippen LogP contribution >= 0.6 is 23.4 Å². The molecule has 0 radical (unpaired) electrons. The van der Waals surface area contributed by atoms with Crippen molar-refractivity contribution >= 4 is 35.0 Å².